The highest BCUT2D eigenvalue weighted by Crippen LogP contribution is 2.32. The molecule has 0 spiro atoms. The van der Waals surface area contributed by atoms with Crippen LogP contribution in [0.1, 0.15) is 6.92 Å². The first-order chi connectivity index (χ1) is 9.04. The second kappa shape index (κ2) is 6.23. The zero-order chi connectivity index (χ0) is 13.8. The summed E-state index contributed by atoms with van der Waals surface area (Å²) in [4.78, 5) is 19.7. The molecule has 0 unspecified atom stereocenters. The number of rotatable bonds is 3. The molecule has 7 heteroatoms. The topological polar surface area (TPSA) is 54.9 Å². The van der Waals surface area contributed by atoms with Crippen molar-refractivity contribution in [3.8, 4) is 0 Å². The number of hydrogen-bond donors (Lipinski definition) is 1. The maximum Gasteiger partial charge on any atom is 0.223 e. The molecular formula is C12H9Cl2N3OS. The summed E-state index contributed by atoms with van der Waals surface area (Å²) in [5, 5.41) is 3.89. The van der Waals surface area contributed by atoms with Crippen molar-refractivity contribution in [2.75, 3.05) is 5.32 Å². The predicted molar refractivity (Wildman–Crippen MR) is 76.9 cm³/mol. The van der Waals surface area contributed by atoms with Gasteiger partial charge in [0, 0.05) is 17.5 Å². The molecule has 4 nitrogen and oxygen atoms in total. The minimum absolute atomic E-state index is 0.106. The molecule has 0 fully saturated rings. The minimum atomic E-state index is -0.106. The van der Waals surface area contributed by atoms with E-state index < -0.39 is 0 Å². The lowest BCUT2D eigenvalue weighted by atomic mass is 10.3. The van der Waals surface area contributed by atoms with E-state index in [1.807, 2.05) is 12.1 Å². The quantitative estimate of drug-likeness (QED) is 0.690. The van der Waals surface area contributed by atoms with Gasteiger partial charge in [0.05, 0.1) is 11.2 Å². The summed E-state index contributed by atoms with van der Waals surface area (Å²) in [5.41, 5.74) is 0.740. The average Bonchev–Trinajstić information content (AvgIpc) is 2.35. The van der Waals surface area contributed by atoms with Crippen molar-refractivity contribution < 1.29 is 4.79 Å². The van der Waals surface area contributed by atoms with Gasteiger partial charge in [-0.2, -0.15) is 0 Å². The first-order valence-corrected chi connectivity index (χ1v) is 6.85. The number of anilines is 1. The van der Waals surface area contributed by atoms with Crippen LogP contribution in [0, 0.1) is 0 Å². The molecule has 19 heavy (non-hydrogen) atoms. The molecule has 0 atom stereocenters. The van der Waals surface area contributed by atoms with Crippen molar-refractivity contribution in [2.24, 2.45) is 0 Å². The summed E-state index contributed by atoms with van der Waals surface area (Å²) < 4.78 is 0. The smallest absolute Gasteiger partial charge is 0.223 e. The normalized spacial score (nSPS) is 10.3. The highest BCUT2D eigenvalue weighted by molar-refractivity contribution is 7.99. The van der Waals surface area contributed by atoms with Crippen molar-refractivity contribution >= 4 is 46.6 Å². The van der Waals surface area contributed by atoms with E-state index in [-0.39, 0.29) is 11.2 Å². The Balaban J connectivity index is 2.15. The fourth-order valence-electron chi connectivity index (χ4n) is 1.32. The highest BCUT2D eigenvalue weighted by Gasteiger charge is 2.06. The van der Waals surface area contributed by atoms with Crippen LogP contribution in [0.3, 0.4) is 0 Å². The molecule has 2 aromatic rings. The molecule has 1 N–H and O–H groups in total. The summed E-state index contributed by atoms with van der Waals surface area (Å²) in [6, 6.07) is 7.34. The third-order valence-corrected chi connectivity index (χ3v) is 3.65. The highest BCUT2D eigenvalue weighted by atomic mass is 35.5. The Morgan fingerprint density at radius 2 is 1.95 bits per heavy atom. The summed E-state index contributed by atoms with van der Waals surface area (Å²) in [7, 11) is 0. The molecule has 0 saturated heterocycles. The molecule has 0 saturated carbocycles. The van der Waals surface area contributed by atoms with Gasteiger partial charge < -0.3 is 5.32 Å². The van der Waals surface area contributed by atoms with E-state index in [1.54, 1.807) is 12.1 Å². The molecule has 0 aliphatic carbocycles. The van der Waals surface area contributed by atoms with Gasteiger partial charge in [0.2, 0.25) is 11.2 Å². The fourth-order valence-corrected chi connectivity index (χ4v) is 2.49. The number of hydrogen-bond acceptors (Lipinski definition) is 4. The molecule has 2 rings (SSSR count). The number of nitrogens with zero attached hydrogens (tertiary/aromatic N) is 2. The molecule has 98 valence electrons. The first-order valence-electron chi connectivity index (χ1n) is 5.28. The third-order valence-electron chi connectivity index (χ3n) is 2.07. The second-order valence-electron chi connectivity index (χ2n) is 3.60. The average molecular weight is 314 g/mol. The minimum Gasteiger partial charge on any atom is -0.326 e. The summed E-state index contributed by atoms with van der Waals surface area (Å²) in [6.45, 7) is 1.46. The van der Waals surface area contributed by atoms with Gasteiger partial charge >= 0.3 is 0 Å². The Hall–Kier alpha value is -1.30. The lowest BCUT2D eigenvalue weighted by Crippen LogP contribution is -2.05. The number of carbonyl (C=O) groups excluding carboxylic acids is 1. The summed E-state index contributed by atoms with van der Waals surface area (Å²) in [5.74, 6) is -0.106. The molecule has 0 radical (unpaired) electrons. The van der Waals surface area contributed by atoms with Gasteiger partial charge in [-0.1, -0.05) is 23.4 Å². The molecule has 1 heterocycles. The standard InChI is InChI=1S/C12H9Cl2N3OS/c1-7(18)16-8-2-4-9(5-3-8)19-11-10(13)6-15-12(14)17-11/h2-6H,1H3,(H,16,18). The van der Waals surface area contributed by atoms with Gasteiger partial charge in [-0.3, -0.25) is 4.79 Å². The van der Waals surface area contributed by atoms with Crippen LogP contribution in [0.15, 0.2) is 40.4 Å². The van der Waals surface area contributed by atoms with Crippen molar-refractivity contribution in [2.45, 2.75) is 16.8 Å². The van der Waals surface area contributed by atoms with Gasteiger partial charge in [-0.25, -0.2) is 9.97 Å². The number of nitrogens with one attached hydrogen (secondary N) is 1. The first kappa shape index (κ1) is 14.1. The molecule has 0 bridgehead atoms. The zero-order valence-electron chi connectivity index (χ0n) is 9.85. The van der Waals surface area contributed by atoms with Gasteiger partial charge in [0.15, 0.2) is 0 Å². The Morgan fingerprint density at radius 3 is 2.58 bits per heavy atom. The van der Waals surface area contributed by atoms with Crippen LogP contribution in [0.2, 0.25) is 10.3 Å². The molecule has 0 aliphatic heterocycles. The number of carbonyl (C=O) groups is 1. The summed E-state index contributed by atoms with van der Waals surface area (Å²) in [6.07, 6.45) is 1.46. The SMILES string of the molecule is CC(=O)Nc1ccc(Sc2nc(Cl)ncc2Cl)cc1. The van der Waals surface area contributed by atoms with E-state index in [0.29, 0.717) is 10.0 Å². The number of halogens is 2. The monoisotopic (exact) mass is 313 g/mol. The third kappa shape index (κ3) is 4.09. The molecule has 1 aromatic carbocycles. The lowest BCUT2D eigenvalue weighted by molar-refractivity contribution is -0.114. The summed E-state index contributed by atoms with van der Waals surface area (Å²) >= 11 is 13.1. The van der Waals surface area contributed by atoms with Crippen molar-refractivity contribution in [1.82, 2.24) is 9.97 Å². The Kier molecular flexibility index (Phi) is 4.63. The molecule has 1 aromatic heterocycles. The van der Waals surface area contributed by atoms with Gasteiger partial charge in [0.25, 0.3) is 0 Å². The number of aromatic nitrogens is 2. The van der Waals surface area contributed by atoms with Crippen LogP contribution < -0.4 is 5.32 Å². The van der Waals surface area contributed by atoms with Crippen LogP contribution in [0.5, 0.6) is 0 Å². The molecule has 0 aliphatic rings. The van der Waals surface area contributed by atoms with E-state index in [2.05, 4.69) is 15.3 Å². The Labute approximate surface area is 124 Å². The van der Waals surface area contributed by atoms with E-state index in [9.17, 15) is 4.79 Å². The van der Waals surface area contributed by atoms with Crippen LogP contribution in [-0.4, -0.2) is 15.9 Å². The van der Waals surface area contributed by atoms with E-state index in [0.717, 1.165) is 10.6 Å². The molecule has 1 amide bonds. The zero-order valence-corrected chi connectivity index (χ0v) is 12.2. The fraction of sp³-hybridized carbons (Fsp3) is 0.0833. The van der Waals surface area contributed by atoms with Gasteiger partial charge in [-0.15, -0.1) is 0 Å². The Bertz CT molecular complexity index is 604. The van der Waals surface area contributed by atoms with E-state index in [4.69, 9.17) is 23.2 Å². The molecular weight excluding hydrogens is 305 g/mol. The van der Waals surface area contributed by atoms with Gasteiger partial charge in [-0.05, 0) is 35.9 Å². The number of benzene rings is 1. The van der Waals surface area contributed by atoms with Crippen LogP contribution in [-0.2, 0) is 4.79 Å². The van der Waals surface area contributed by atoms with Crippen molar-refractivity contribution in [1.29, 1.82) is 0 Å². The van der Waals surface area contributed by atoms with Crippen molar-refractivity contribution in [3.63, 3.8) is 0 Å². The maximum atomic E-state index is 10.9. The van der Waals surface area contributed by atoms with Gasteiger partial charge in [0.1, 0.15) is 5.03 Å². The van der Waals surface area contributed by atoms with E-state index in [1.165, 1.54) is 24.9 Å². The van der Waals surface area contributed by atoms with E-state index >= 15 is 0 Å². The van der Waals surface area contributed by atoms with Crippen LogP contribution >= 0.6 is 35.0 Å². The van der Waals surface area contributed by atoms with Crippen molar-refractivity contribution in [3.05, 3.63) is 40.8 Å². The van der Waals surface area contributed by atoms with Crippen LogP contribution in [0.4, 0.5) is 5.69 Å². The Morgan fingerprint density at radius 1 is 1.26 bits per heavy atom. The predicted octanol–water partition coefficient (Wildman–Crippen LogP) is 3.89. The number of amides is 1. The van der Waals surface area contributed by atoms with Crippen LogP contribution in [0.25, 0.3) is 0 Å². The largest absolute Gasteiger partial charge is 0.326 e. The maximum absolute atomic E-state index is 10.9. The second-order valence-corrected chi connectivity index (χ2v) is 5.41. The lowest BCUT2D eigenvalue weighted by Gasteiger charge is -2.05.